The number of thioether (sulfide) groups is 1. The molecule has 23 heavy (non-hydrogen) atoms. The van der Waals surface area contributed by atoms with Crippen LogP contribution in [0.15, 0.2) is 34.2 Å². The summed E-state index contributed by atoms with van der Waals surface area (Å²) in [4.78, 5) is 19.2. The van der Waals surface area contributed by atoms with E-state index in [-0.39, 0.29) is 5.91 Å². The van der Waals surface area contributed by atoms with Gasteiger partial charge in [-0.05, 0) is 48.7 Å². The van der Waals surface area contributed by atoms with Gasteiger partial charge in [0.15, 0.2) is 5.17 Å². The van der Waals surface area contributed by atoms with E-state index in [2.05, 4.69) is 14.6 Å². The monoisotopic (exact) mass is 349 g/mol. The number of aliphatic imine (C=N–C) groups is 1. The number of carbonyl (C=O) groups is 1. The molecule has 1 aromatic rings. The van der Waals surface area contributed by atoms with Gasteiger partial charge in [0.05, 0.1) is 10.6 Å². The number of likely N-dealkylation sites (tertiary alicyclic amines) is 1. The van der Waals surface area contributed by atoms with Gasteiger partial charge in [0.25, 0.3) is 5.91 Å². The maximum Gasteiger partial charge on any atom is 0.286 e. The number of nitrogens with zero attached hydrogens (tertiary/aromatic N) is 2. The molecule has 0 radical (unpaired) electrons. The van der Waals surface area contributed by atoms with Gasteiger partial charge in [-0.1, -0.05) is 18.2 Å². The Hall–Kier alpha value is -1.60. The van der Waals surface area contributed by atoms with Crippen molar-refractivity contribution in [2.45, 2.75) is 19.3 Å². The third-order valence-corrected chi connectivity index (χ3v) is 5.29. The summed E-state index contributed by atoms with van der Waals surface area (Å²) >= 11 is 1.43. The Morgan fingerprint density at radius 2 is 2.00 bits per heavy atom. The molecule has 0 spiro atoms. The minimum absolute atomic E-state index is 0.192. The van der Waals surface area contributed by atoms with Crippen molar-refractivity contribution >= 4 is 45.6 Å². The first-order valence-electron chi connectivity index (χ1n) is 7.60. The van der Waals surface area contributed by atoms with Gasteiger partial charge in [0.1, 0.15) is 11.0 Å². The minimum Gasteiger partial charge on any atom is -0.351 e. The fraction of sp³-hybridized carbons (Fsp3) is 0.375. The standard InChI is InChI=1S/C16H19N3O2S2/c1-23(21)18-13-8-4-3-7-12(13)11-14-15(20)17-16(22-14)19-9-5-2-6-10-19/h3-4,7-8,11,18H,2,5-6,9-10H2,1H3/b14-11-. The number of amidine groups is 1. The maximum absolute atomic E-state index is 12.2. The molecule has 1 saturated heterocycles. The quantitative estimate of drug-likeness (QED) is 0.853. The average Bonchev–Trinajstić information content (AvgIpc) is 2.91. The summed E-state index contributed by atoms with van der Waals surface area (Å²) < 4.78 is 14.3. The molecule has 7 heteroatoms. The Morgan fingerprint density at radius 1 is 1.26 bits per heavy atom. The van der Waals surface area contributed by atoms with Gasteiger partial charge in [0, 0.05) is 19.3 Å². The van der Waals surface area contributed by atoms with Gasteiger partial charge in [0.2, 0.25) is 0 Å². The predicted octanol–water partition coefficient (Wildman–Crippen LogP) is 2.85. The van der Waals surface area contributed by atoms with Gasteiger partial charge in [-0.3, -0.25) is 4.79 Å². The summed E-state index contributed by atoms with van der Waals surface area (Å²) in [5.41, 5.74) is 1.59. The zero-order valence-electron chi connectivity index (χ0n) is 12.9. The van der Waals surface area contributed by atoms with Gasteiger partial charge in [-0.2, -0.15) is 4.99 Å². The van der Waals surface area contributed by atoms with E-state index in [1.54, 1.807) is 6.26 Å². The number of carbonyl (C=O) groups excluding carboxylic acids is 1. The number of nitrogens with one attached hydrogen (secondary N) is 1. The van der Waals surface area contributed by atoms with Crippen LogP contribution in [0, 0.1) is 0 Å². The Bertz CT molecular complexity index is 694. The molecule has 2 aliphatic rings. The van der Waals surface area contributed by atoms with E-state index < -0.39 is 11.0 Å². The van der Waals surface area contributed by atoms with Crippen molar-refractivity contribution in [1.29, 1.82) is 0 Å². The molecule has 0 bridgehead atoms. The number of piperidine rings is 1. The summed E-state index contributed by atoms with van der Waals surface area (Å²) in [6.07, 6.45) is 6.96. The zero-order chi connectivity index (χ0) is 16.2. The van der Waals surface area contributed by atoms with Crippen LogP contribution in [-0.4, -0.2) is 39.5 Å². The van der Waals surface area contributed by atoms with Crippen molar-refractivity contribution in [3.63, 3.8) is 0 Å². The summed E-state index contributed by atoms with van der Waals surface area (Å²) in [7, 11) is -1.16. The first-order valence-corrected chi connectivity index (χ1v) is 9.97. The smallest absolute Gasteiger partial charge is 0.286 e. The highest BCUT2D eigenvalue weighted by molar-refractivity contribution is 8.18. The van der Waals surface area contributed by atoms with Crippen LogP contribution in [0.2, 0.25) is 0 Å². The van der Waals surface area contributed by atoms with E-state index in [0.29, 0.717) is 4.91 Å². The van der Waals surface area contributed by atoms with Gasteiger partial charge in [-0.15, -0.1) is 0 Å². The van der Waals surface area contributed by atoms with Crippen molar-refractivity contribution in [3.8, 4) is 0 Å². The molecule has 1 amide bonds. The Balaban J connectivity index is 1.79. The number of rotatable bonds is 3. The van der Waals surface area contributed by atoms with Gasteiger partial charge < -0.3 is 9.62 Å². The molecule has 1 fully saturated rings. The molecular formula is C16H19N3O2S2. The second-order valence-electron chi connectivity index (χ2n) is 5.50. The molecule has 1 atom stereocenters. The lowest BCUT2D eigenvalue weighted by Crippen LogP contribution is -2.33. The molecule has 0 aromatic heterocycles. The second kappa shape index (κ2) is 7.31. The van der Waals surface area contributed by atoms with Gasteiger partial charge in [-0.25, -0.2) is 4.21 Å². The fourth-order valence-electron chi connectivity index (χ4n) is 2.63. The summed E-state index contributed by atoms with van der Waals surface area (Å²) in [5, 5.41) is 0.811. The number of anilines is 1. The van der Waals surface area contributed by atoms with Crippen LogP contribution < -0.4 is 4.72 Å². The lowest BCUT2D eigenvalue weighted by Gasteiger charge is -2.27. The molecule has 1 unspecified atom stereocenters. The summed E-state index contributed by atoms with van der Waals surface area (Å²) in [6.45, 7) is 1.94. The Labute approximate surface area is 142 Å². The summed E-state index contributed by atoms with van der Waals surface area (Å²) in [6, 6.07) is 7.52. The van der Waals surface area contributed by atoms with Gasteiger partial charge >= 0.3 is 0 Å². The van der Waals surface area contributed by atoms with Crippen molar-refractivity contribution in [2.75, 3.05) is 24.1 Å². The van der Waals surface area contributed by atoms with Crippen molar-refractivity contribution in [2.24, 2.45) is 4.99 Å². The highest BCUT2D eigenvalue weighted by Crippen LogP contribution is 2.32. The number of hydrogen-bond donors (Lipinski definition) is 1. The van der Waals surface area contributed by atoms with E-state index in [9.17, 15) is 9.00 Å². The van der Waals surface area contributed by atoms with E-state index in [0.717, 1.165) is 42.3 Å². The van der Waals surface area contributed by atoms with Crippen LogP contribution in [-0.2, 0) is 15.8 Å². The van der Waals surface area contributed by atoms with E-state index in [1.165, 1.54) is 18.2 Å². The van der Waals surface area contributed by atoms with Crippen LogP contribution in [0.25, 0.3) is 6.08 Å². The number of benzene rings is 1. The van der Waals surface area contributed by atoms with Crippen LogP contribution in [0.5, 0.6) is 0 Å². The Morgan fingerprint density at radius 3 is 2.74 bits per heavy atom. The molecule has 5 nitrogen and oxygen atoms in total. The van der Waals surface area contributed by atoms with Crippen LogP contribution in [0.3, 0.4) is 0 Å². The fourth-order valence-corrected chi connectivity index (χ4v) is 4.08. The molecule has 1 aromatic carbocycles. The Kier molecular flexibility index (Phi) is 5.17. The van der Waals surface area contributed by atoms with Crippen LogP contribution >= 0.6 is 11.8 Å². The normalized spacial score (nSPS) is 21.4. The first-order chi connectivity index (χ1) is 11.1. The lowest BCUT2D eigenvalue weighted by molar-refractivity contribution is -0.113. The van der Waals surface area contributed by atoms with Crippen LogP contribution in [0.1, 0.15) is 24.8 Å². The maximum atomic E-state index is 12.2. The molecule has 0 saturated carbocycles. The first kappa shape index (κ1) is 16.3. The predicted molar refractivity (Wildman–Crippen MR) is 97.6 cm³/mol. The molecular weight excluding hydrogens is 330 g/mol. The van der Waals surface area contributed by atoms with Crippen molar-refractivity contribution in [1.82, 2.24) is 4.90 Å². The zero-order valence-corrected chi connectivity index (χ0v) is 14.6. The van der Waals surface area contributed by atoms with E-state index >= 15 is 0 Å². The number of hydrogen-bond acceptors (Lipinski definition) is 4. The average molecular weight is 349 g/mol. The number of para-hydroxylation sites is 1. The van der Waals surface area contributed by atoms with Crippen molar-refractivity contribution < 1.29 is 9.00 Å². The topological polar surface area (TPSA) is 61.8 Å². The summed E-state index contributed by atoms with van der Waals surface area (Å²) in [5.74, 6) is -0.192. The third-order valence-electron chi connectivity index (χ3n) is 3.74. The molecule has 2 heterocycles. The van der Waals surface area contributed by atoms with Crippen LogP contribution in [0.4, 0.5) is 5.69 Å². The minimum atomic E-state index is -1.16. The third kappa shape index (κ3) is 4.03. The molecule has 3 rings (SSSR count). The lowest BCUT2D eigenvalue weighted by atomic mass is 10.1. The van der Waals surface area contributed by atoms with Crippen molar-refractivity contribution in [3.05, 3.63) is 34.7 Å². The van der Waals surface area contributed by atoms with E-state index in [1.807, 2.05) is 30.3 Å². The molecule has 1 N–H and O–H groups in total. The largest absolute Gasteiger partial charge is 0.351 e. The second-order valence-corrected chi connectivity index (χ2v) is 7.62. The number of amides is 1. The molecule has 122 valence electrons. The SMILES string of the molecule is CS(=O)Nc1ccccc1/C=C1\SC(N2CCCCC2)=NC1=O. The molecule has 2 aliphatic heterocycles. The highest BCUT2D eigenvalue weighted by atomic mass is 32.2. The highest BCUT2D eigenvalue weighted by Gasteiger charge is 2.27. The molecule has 0 aliphatic carbocycles. The van der Waals surface area contributed by atoms with E-state index in [4.69, 9.17) is 0 Å².